The van der Waals surface area contributed by atoms with Crippen LogP contribution in [0, 0.1) is 11.3 Å². The predicted molar refractivity (Wildman–Crippen MR) is 84.7 cm³/mol. The first kappa shape index (κ1) is 14.2. The van der Waals surface area contributed by atoms with Gasteiger partial charge < -0.3 is 10.1 Å². The van der Waals surface area contributed by atoms with E-state index in [1.54, 1.807) is 6.07 Å². The Balaban J connectivity index is 2.08. The highest BCUT2D eigenvalue weighted by molar-refractivity contribution is 5.99. The van der Waals surface area contributed by atoms with Crippen LogP contribution in [0.4, 0.5) is 5.69 Å². The lowest BCUT2D eigenvalue weighted by atomic mass is 9.97. The summed E-state index contributed by atoms with van der Waals surface area (Å²) in [4.78, 5) is 11.5. The van der Waals surface area contributed by atoms with Crippen LogP contribution in [0.3, 0.4) is 0 Å². The number of amides is 1. The third kappa shape index (κ3) is 2.53. The van der Waals surface area contributed by atoms with Crippen LogP contribution in [-0.2, 0) is 11.2 Å². The van der Waals surface area contributed by atoms with E-state index < -0.39 is 0 Å². The summed E-state index contributed by atoms with van der Waals surface area (Å²) >= 11 is 0. The van der Waals surface area contributed by atoms with Crippen molar-refractivity contribution >= 4 is 11.6 Å². The van der Waals surface area contributed by atoms with Gasteiger partial charge in [-0.3, -0.25) is 4.79 Å². The average molecular weight is 292 g/mol. The van der Waals surface area contributed by atoms with Crippen molar-refractivity contribution in [1.82, 2.24) is 0 Å². The van der Waals surface area contributed by atoms with E-state index >= 15 is 0 Å². The quantitative estimate of drug-likeness (QED) is 0.941. The van der Waals surface area contributed by atoms with E-state index in [1.807, 2.05) is 44.2 Å². The van der Waals surface area contributed by atoms with Crippen molar-refractivity contribution in [2.45, 2.75) is 26.4 Å². The van der Waals surface area contributed by atoms with E-state index in [9.17, 15) is 10.1 Å². The molecule has 0 radical (unpaired) electrons. The molecular formula is C18H16N2O2. The number of hydrogen-bond acceptors (Lipinski definition) is 3. The normalized spacial score (nSPS) is 12.7. The number of nitrogens with one attached hydrogen (secondary N) is 1. The second-order valence-electron chi connectivity index (χ2n) is 5.55. The van der Waals surface area contributed by atoms with Crippen LogP contribution in [-0.4, -0.2) is 12.0 Å². The van der Waals surface area contributed by atoms with Crippen molar-refractivity contribution in [2.24, 2.45) is 0 Å². The number of rotatable bonds is 3. The highest BCUT2D eigenvalue weighted by Gasteiger charge is 2.19. The molecule has 1 amide bonds. The minimum absolute atomic E-state index is 0.00388. The lowest BCUT2D eigenvalue weighted by Crippen LogP contribution is -2.07. The van der Waals surface area contributed by atoms with Crippen molar-refractivity contribution in [3.05, 3.63) is 47.5 Å². The topological polar surface area (TPSA) is 62.1 Å². The zero-order chi connectivity index (χ0) is 15.7. The van der Waals surface area contributed by atoms with Gasteiger partial charge in [-0.15, -0.1) is 0 Å². The minimum Gasteiger partial charge on any atom is -0.490 e. The monoisotopic (exact) mass is 292 g/mol. The highest BCUT2D eigenvalue weighted by atomic mass is 16.5. The summed E-state index contributed by atoms with van der Waals surface area (Å²) in [5, 5.41) is 12.3. The van der Waals surface area contributed by atoms with Crippen LogP contribution in [0.1, 0.15) is 25.0 Å². The summed E-state index contributed by atoms with van der Waals surface area (Å²) in [5.74, 6) is 0.592. The van der Waals surface area contributed by atoms with Crippen molar-refractivity contribution in [3.63, 3.8) is 0 Å². The van der Waals surface area contributed by atoms with Gasteiger partial charge in [0.1, 0.15) is 17.4 Å². The van der Waals surface area contributed by atoms with Crippen molar-refractivity contribution in [1.29, 1.82) is 5.26 Å². The van der Waals surface area contributed by atoms with Gasteiger partial charge in [0.05, 0.1) is 12.5 Å². The molecule has 0 saturated heterocycles. The number of fused-ring (bicyclic) bond motifs is 1. The van der Waals surface area contributed by atoms with Crippen LogP contribution in [0.5, 0.6) is 5.75 Å². The Morgan fingerprint density at radius 2 is 2.09 bits per heavy atom. The first-order valence-corrected chi connectivity index (χ1v) is 7.21. The maximum absolute atomic E-state index is 11.5. The van der Waals surface area contributed by atoms with E-state index in [0.29, 0.717) is 17.7 Å². The van der Waals surface area contributed by atoms with Crippen molar-refractivity contribution < 1.29 is 9.53 Å². The van der Waals surface area contributed by atoms with Gasteiger partial charge in [-0.05, 0) is 43.2 Å². The fourth-order valence-electron chi connectivity index (χ4n) is 2.64. The summed E-state index contributed by atoms with van der Waals surface area (Å²) in [5.41, 5.74) is 4.07. The molecule has 0 saturated carbocycles. The summed E-state index contributed by atoms with van der Waals surface area (Å²) in [7, 11) is 0. The van der Waals surface area contributed by atoms with Gasteiger partial charge >= 0.3 is 0 Å². The number of hydrogen-bond donors (Lipinski definition) is 1. The molecule has 0 spiro atoms. The van der Waals surface area contributed by atoms with E-state index in [0.717, 1.165) is 22.4 Å². The lowest BCUT2D eigenvalue weighted by Gasteiger charge is -2.14. The predicted octanol–water partition coefficient (Wildman–Crippen LogP) is 3.51. The molecule has 0 aliphatic carbocycles. The van der Waals surface area contributed by atoms with Crippen LogP contribution >= 0.6 is 0 Å². The maximum Gasteiger partial charge on any atom is 0.228 e. The summed E-state index contributed by atoms with van der Waals surface area (Å²) in [6.07, 6.45) is 0.386. The molecule has 4 heteroatoms. The van der Waals surface area contributed by atoms with Crippen LogP contribution in [0.15, 0.2) is 36.4 Å². The minimum atomic E-state index is 0.00388. The molecule has 1 aliphatic heterocycles. The van der Waals surface area contributed by atoms with Gasteiger partial charge in [-0.1, -0.05) is 18.2 Å². The number of benzene rings is 2. The van der Waals surface area contributed by atoms with Gasteiger partial charge in [0.25, 0.3) is 0 Å². The molecule has 1 aliphatic rings. The zero-order valence-corrected chi connectivity index (χ0v) is 12.5. The molecule has 1 N–H and O–H groups in total. The van der Waals surface area contributed by atoms with E-state index in [-0.39, 0.29) is 12.0 Å². The molecule has 0 unspecified atom stereocenters. The van der Waals surface area contributed by atoms with Gasteiger partial charge in [0.2, 0.25) is 5.91 Å². The summed E-state index contributed by atoms with van der Waals surface area (Å²) < 4.78 is 5.72. The van der Waals surface area contributed by atoms with E-state index in [1.165, 1.54) is 0 Å². The Kier molecular flexibility index (Phi) is 3.56. The van der Waals surface area contributed by atoms with Crippen LogP contribution in [0.2, 0.25) is 0 Å². The van der Waals surface area contributed by atoms with Crippen LogP contribution < -0.4 is 10.1 Å². The largest absolute Gasteiger partial charge is 0.490 e. The SMILES string of the molecule is CC(C)Oc1cccc(-c2ccc3c(c2)CC(=O)N3)c1C#N. The molecule has 2 aromatic rings. The van der Waals surface area contributed by atoms with Crippen LogP contribution in [0.25, 0.3) is 11.1 Å². The van der Waals surface area contributed by atoms with Gasteiger partial charge in [-0.25, -0.2) is 0 Å². The van der Waals surface area contributed by atoms with E-state index in [4.69, 9.17) is 4.74 Å². The van der Waals surface area contributed by atoms with Gasteiger partial charge in [0, 0.05) is 11.3 Å². The molecule has 4 nitrogen and oxygen atoms in total. The third-order valence-corrected chi connectivity index (χ3v) is 3.54. The number of ether oxygens (including phenoxy) is 1. The Morgan fingerprint density at radius 1 is 1.27 bits per heavy atom. The number of nitrogens with zero attached hydrogens (tertiary/aromatic N) is 1. The Morgan fingerprint density at radius 3 is 2.82 bits per heavy atom. The molecular weight excluding hydrogens is 276 g/mol. The fraction of sp³-hybridized carbons (Fsp3) is 0.222. The number of nitriles is 1. The molecule has 1 heterocycles. The molecule has 2 aromatic carbocycles. The number of anilines is 1. The van der Waals surface area contributed by atoms with Crippen molar-refractivity contribution in [3.8, 4) is 22.9 Å². The number of carbonyl (C=O) groups is 1. The Bertz CT molecular complexity index is 788. The Labute approximate surface area is 129 Å². The molecule has 0 bridgehead atoms. The first-order valence-electron chi connectivity index (χ1n) is 7.21. The zero-order valence-electron chi connectivity index (χ0n) is 12.5. The molecule has 0 fully saturated rings. The fourth-order valence-corrected chi connectivity index (χ4v) is 2.64. The molecule has 110 valence electrons. The highest BCUT2D eigenvalue weighted by Crippen LogP contribution is 2.34. The van der Waals surface area contributed by atoms with Gasteiger partial charge in [-0.2, -0.15) is 5.26 Å². The average Bonchev–Trinajstić information content (AvgIpc) is 2.85. The molecule has 3 rings (SSSR count). The second-order valence-corrected chi connectivity index (χ2v) is 5.55. The maximum atomic E-state index is 11.5. The molecule has 22 heavy (non-hydrogen) atoms. The second kappa shape index (κ2) is 5.53. The standard InChI is InChI=1S/C18H16N2O2/c1-11(2)22-17-5-3-4-14(15(17)10-19)12-6-7-16-13(8-12)9-18(21)20-16/h3-8,11H,9H2,1-2H3,(H,20,21). The smallest absolute Gasteiger partial charge is 0.228 e. The molecule has 0 aromatic heterocycles. The summed E-state index contributed by atoms with van der Waals surface area (Å²) in [6, 6.07) is 13.6. The lowest BCUT2D eigenvalue weighted by molar-refractivity contribution is -0.115. The molecule has 0 atom stereocenters. The van der Waals surface area contributed by atoms with E-state index in [2.05, 4.69) is 11.4 Å². The van der Waals surface area contributed by atoms with Gasteiger partial charge in [0.15, 0.2) is 0 Å². The summed E-state index contributed by atoms with van der Waals surface area (Å²) in [6.45, 7) is 3.86. The third-order valence-electron chi connectivity index (χ3n) is 3.54. The first-order chi connectivity index (χ1) is 10.6. The van der Waals surface area contributed by atoms with Crippen molar-refractivity contribution in [2.75, 3.05) is 5.32 Å². The Hall–Kier alpha value is -2.80. The number of carbonyl (C=O) groups excluding carboxylic acids is 1.